The zero-order chi connectivity index (χ0) is 18.2. The van der Waals surface area contributed by atoms with Crippen molar-refractivity contribution in [1.29, 1.82) is 0 Å². The highest BCUT2D eigenvalue weighted by Gasteiger charge is 2.19. The summed E-state index contributed by atoms with van der Waals surface area (Å²) in [4.78, 5) is 12.3. The van der Waals surface area contributed by atoms with Crippen LogP contribution in [0.5, 0.6) is 11.5 Å². The standard InChI is InChI=1S/C20H24FNO3/c1-4-24-17-7-5-6-8-18(17)25-13-19(23)22-20(14(2)3)15-9-11-16(21)12-10-15/h5-12,14,20H,4,13H2,1-3H3,(H,22,23)/t20-/m0/s1. The first-order valence-electron chi connectivity index (χ1n) is 8.40. The summed E-state index contributed by atoms with van der Waals surface area (Å²) in [5.41, 5.74) is 0.861. The summed E-state index contributed by atoms with van der Waals surface area (Å²) in [5, 5.41) is 2.95. The first-order valence-corrected chi connectivity index (χ1v) is 8.40. The molecule has 0 unspecified atom stereocenters. The average molecular weight is 345 g/mol. The maximum atomic E-state index is 13.1. The van der Waals surface area contributed by atoms with Gasteiger partial charge in [-0.25, -0.2) is 4.39 Å². The Hall–Kier alpha value is -2.56. The molecule has 1 amide bonds. The predicted octanol–water partition coefficient (Wildman–Crippen LogP) is 4.12. The van der Waals surface area contributed by atoms with Crippen molar-refractivity contribution in [3.63, 3.8) is 0 Å². The minimum absolute atomic E-state index is 0.117. The Labute approximate surface area is 148 Å². The van der Waals surface area contributed by atoms with Crippen molar-refractivity contribution < 1.29 is 18.7 Å². The number of hydrogen-bond donors (Lipinski definition) is 1. The molecule has 0 saturated carbocycles. The molecule has 0 aliphatic carbocycles. The third-order valence-corrected chi connectivity index (χ3v) is 3.72. The van der Waals surface area contributed by atoms with Gasteiger partial charge in [0.15, 0.2) is 18.1 Å². The molecule has 0 aromatic heterocycles. The molecule has 0 radical (unpaired) electrons. The summed E-state index contributed by atoms with van der Waals surface area (Å²) < 4.78 is 24.2. The van der Waals surface area contributed by atoms with E-state index in [9.17, 15) is 9.18 Å². The number of hydrogen-bond acceptors (Lipinski definition) is 3. The minimum atomic E-state index is -0.298. The van der Waals surface area contributed by atoms with E-state index in [1.807, 2.05) is 32.9 Å². The fraction of sp³-hybridized carbons (Fsp3) is 0.350. The van der Waals surface area contributed by atoms with Crippen molar-refractivity contribution in [2.75, 3.05) is 13.2 Å². The van der Waals surface area contributed by atoms with Crippen molar-refractivity contribution in [1.82, 2.24) is 5.32 Å². The molecule has 1 atom stereocenters. The largest absolute Gasteiger partial charge is 0.490 e. The Balaban J connectivity index is 1.99. The summed E-state index contributed by atoms with van der Waals surface area (Å²) in [7, 11) is 0. The third kappa shape index (κ3) is 5.48. The molecule has 2 aromatic rings. The normalized spacial score (nSPS) is 11.9. The monoisotopic (exact) mass is 345 g/mol. The van der Waals surface area contributed by atoms with Gasteiger partial charge in [-0.15, -0.1) is 0 Å². The molecule has 0 aliphatic heterocycles. The van der Waals surface area contributed by atoms with Crippen LogP contribution in [0.2, 0.25) is 0 Å². The van der Waals surface area contributed by atoms with Crippen LogP contribution >= 0.6 is 0 Å². The lowest BCUT2D eigenvalue weighted by Crippen LogP contribution is -2.35. The van der Waals surface area contributed by atoms with Crippen molar-refractivity contribution in [2.24, 2.45) is 5.92 Å². The Kier molecular flexibility index (Phi) is 6.81. The number of rotatable bonds is 8. The molecule has 0 heterocycles. The quantitative estimate of drug-likeness (QED) is 0.783. The van der Waals surface area contributed by atoms with Crippen LogP contribution in [-0.2, 0) is 4.79 Å². The highest BCUT2D eigenvalue weighted by atomic mass is 19.1. The van der Waals surface area contributed by atoms with Crippen LogP contribution in [0.25, 0.3) is 0 Å². The molecule has 0 bridgehead atoms. The smallest absolute Gasteiger partial charge is 0.258 e. The van der Waals surface area contributed by atoms with E-state index >= 15 is 0 Å². The molecule has 0 fully saturated rings. The lowest BCUT2D eigenvalue weighted by Gasteiger charge is -2.23. The number of benzene rings is 2. The van der Waals surface area contributed by atoms with E-state index in [1.165, 1.54) is 12.1 Å². The lowest BCUT2D eigenvalue weighted by molar-refractivity contribution is -0.124. The number of amides is 1. The number of para-hydroxylation sites is 2. The third-order valence-electron chi connectivity index (χ3n) is 3.72. The second-order valence-electron chi connectivity index (χ2n) is 6.01. The molecule has 134 valence electrons. The predicted molar refractivity (Wildman–Crippen MR) is 95.2 cm³/mol. The second-order valence-corrected chi connectivity index (χ2v) is 6.01. The topological polar surface area (TPSA) is 47.6 Å². The second kappa shape index (κ2) is 9.06. The maximum absolute atomic E-state index is 13.1. The minimum Gasteiger partial charge on any atom is -0.490 e. The zero-order valence-electron chi connectivity index (χ0n) is 14.8. The molecule has 0 spiro atoms. The van der Waals surface area contributed by atoms with Crippen molar-refractivity contribution in [2.45, 2.75) is 26.8 Å². The highest BCUT2D eigenvalue weighted by Crippen LogP contribution is 2.26. The van der Waals surface area contributed by atoms with Gasteiger partial charge in [-0.3, -0.25) is 4.79 Å². The summed E-state index contributed by atoms with van der Waals surface area (Å²) in [5.74, 6) is 0.756. The van der Waals surface area contributed by atoms with Gasteiger partial charge in [0.05, 0.1) is 12.6 Å². The first-order chi connectivity index (χ1) is 12.0. The number of ether oxygens (including phenoxy) is 2. The molecule has 2 rings (SSSR count). The molecule has 4 nitrogen and oxygen atoms in total. The summed E-state index contributed by atoms with van der Waals surface area (Å²) in [6, 6.07) is 13.2. The molecule has 25 heavy (non-hydrogen) atoms. The van der Waals surface area contributed by atoms with Crippen LogP contribution in [0, 0.1) is 11.7 Å². The molecule has 0 saturated heterocycles. The van der Waals surface area contributed by atoms with Crippen molar-refractivity contribution >= 4 is 5.91 Å². The van der Waals surface area contributed by atoms with Gasteiger partial charge in [-0.05, 0) is 42.7 Å². The highest BCUT2D eigenvalue weighted by molar-refractivity contribution is 5.78. The molecule has 1 N–H and O–H groups in total. The van der Waals surface area contributed by atoms with Gasteiger partial charge in [0.2, 0.25) is 0 Å². The molecular formula is C20H24FNO3. The van der Waals surface area contributed by atoms with E-state index in [1.54, 1.807) is 24.3 Å². The first kappa shape index (κ1) is 18.8. The fourth-order valence-corrected chi connectivity index (χ4v) is 2.51. The SMILES string of the molecule is CCOc1ccccc1OCC(=O)N[C@H](c1ccc(F)cc1)C(C)C. The Bertz CT molecular complexity index is 686. The Morgan fingerprint density at radius 3 is 2.20 bits per heavy atom. The fourth-order valence-electron chi connectivity index (χ4n) is 2.51. The van der Waals surface area contributed by atoms with Gasteiger partial charge in [-0.1, -0.05) is 38.1 Å². The van der Waals surface area contributed by atoms with Gasteiger partial charge < -0.3 is 14.8 Å². The molecular weight excluding hydrogens is 321 g/mol. The van der Waals surface area contributed by atoms with Gasteiger partial charge >= 0.3 is 0 Å². The van der Waals surface area contributed by atoms with Crippen LogP contribution in [0.15, 0.2) is 48.5 Å². The number of nitrogens with one attached hydrogen (secondary N) is 1. The van der Waals surface area contributed by atoms with E-state index in [0.29, 0.717) is 18.1 Å². The maximum Gasteiger partial charge on any atom is 0.258 e. The summed E-state index contributed by atoms with van der Waals surface area (Å²) in [6.45, 7) is 6.29. The van der Waals surface area contributed by atoms with Crippen molar-refractivity contribution in [3.8, 4) is 11.5 Å². The summed E-state index contributed by atoms with van der Waals surface area (Å²) >= 11 is 0. The van der Waals surface area contributed by atoms with Gasteiger partial charge in [0.1, 0.15) is 5.82 Å². The molecule has 5 heteroatoms. The van der Waals surface area contributed by atoms with Crippen LogP contribution in [-0.4, -0.2) is 19.1 Å². The molecule has 0 aliphatic rings. The van der Waals surface area contributed by atoms with E-state index in [-0.39, 0.29) is 30.3 Å². The van der Waals surface area contributed by atoms with Gasteiger partial charge in [-0.2, -0.15) is 0 Å². The van der Waals surface area contributed by atoms with E-state index < -0.39 is 0 Å². The lowest BCUT2D eigenvalue weighted by atomic mass is 9.96. The van der Waals surface area contributed by atoms with E-state index in [0.717, 1.165) is 5.56 Å². The van der Waals surface area contributed by atoms with Crippen molar-refractivity contribution in [3.05, 3.63) is 59.9 Å². The van der Waals surface area contributed by atoms with E-state index in [2.05, 4.69) is 5.32 Å². The summed E-state index contributed by atoms with van der Waals surface area (Å²) in [6.07, 6.45) is 0. The molecule has 2 aromatic carbocycles. The average Bonchev–Trinajstić information content (AvgIpc) is 2.60. The zero-order valence-corrected chi connectivity index (χ0v) is 14.8. The number of carbonyl (C=O) groups excluding carboxylic acids is 1. The van der Waals surface area contributed by atoms with Gasteiger partial charge in [0.25, 0.3) is 5.91 Å². The Morgan fingerprint density at radius 2 is 1.64 bits per heavy atom. The number of carbonyl (C=O) groups is 1. The van der Waals surface area contributed by atoms with Crippen LogP contribution in [0.3, 0.4) is 0 Å². The van der Waals surface area contributed by atoms with Crippen LogP contribution < -0.4 is 14.8 Å². The van der Waals surface area contributed by atoms with Gasteiger partial charge in [0, 0.05) is 0 Å². The van der Waals surface area contributed by atoms with Crippen LogP contribution in [0.1, 0.15) is 32.4 Å². The van der Waals surface area contributed by atoms with E-state index in [4.69, 9.17) is 9.47 Å². The number of halogens is 1. The Morgan fingerprint density at radius 1 is 1.04 bits per heavy atom. The van der Waals surface area contributed by atoms with Crippen LogP contribution in [0.4, 0.5) is 4.39 Å².